The predicted molar refractivity (Wildman–Crippen MR) is 56.3 cm³/mol. The smallest absolute Gasteiger partial charge is 0.225 e. The van der Waals surface area contributed by atoms with Gasteiger partial charge in [0.25, 0.3) is 0 Å². The molecule has 1 amide bonds. The van der Waals surface area contributed by atoms with Crippen molar-refractivity contribution in [3.63, 3.8) is 0 Å². The third kappa shape index (κ3) is 6.62. The number of hydrogen-bond acceptors (Lipinski definition) is 1. The maximum Gasteiger partial charge on any atom is 0.225 e. The molecule has 0 atom stereocenters. The summed E-state index contributed by atoms with van der Waals surface area (Å²) >= 11 is 0. The summed E-state index contributed by atoms with van der Waals surface area (Å²) in [7, 11) is 0. The van der Waals surface area contributed by atoms with Gasteiger partial charge >= 0.3 is 0 Å². The average molecular weight is 184 g/mol. The van der Waals surface area contributed by atoms with Crippen LogP contribution >= 0.6 is 0 Å². The van der Waals surface area contributed by atoms with Crippen molar-refractivity contribution < 1.29 is 4.79 Å². The summed E-state index contributed by atoms with van der Waals surface area (Å²) in [5, 5.41) is 2.92. The van der Waals surface area contributed by atoms with E-state index in [1.807, 2.05) is 20.8 Å². The maximum atomic E-state index is 11.4. The molecule has 0 aromatic rings. The fraction of sp³-hybridized carbons (Fsp3) is 0.818. The lowest BCUT2D eigenvalue weighted by Crippen LogP contribution is -2.35. The van der Waals surface area contributed by atoms with Crippen LogP contribution in [-0.4, -0.2) is 12.5 Å². The highest BCUT2D eigenvalue weighted by molar-refractivity contribution is 5.81. The molecule has 0 fully saturated rings. The lowest BCUT2D eigenvalue weighted by atomic mass is 9.96. The van der Waals surface area contributed by atoms with Gasteiger partial charge in [-0.1, -0.05) is 47.0 Å². The molecule has 0 heterocycles. The molecule has 0 unspecified atom stereocenters. The molecule has 77 valence electrons. The number of nitrogens with one attached hydrogen (secondary N) is 1. The van der Waals surface area contributed by atoms with Crippen LogP contribution in [0.3, 0.4) is 0 Å². The number of hydrogen-bond donors (Lipinski definition) is 1. The van der Waals surface area contributed by atoms with E-state index in [2.05, 4.69) is 12.2 Å². The molecular weight excluding hydrogens is 162 g/mol. The summed E-state index contributed by atoms with van der Waals surface area (Å²) in [4.78, 5) is 11.4. The highest BCUT2D eigenvalue weighted by Gasteiger charge is 2.19. The van der Waals surface area contributed by atoms with Crippen molar-refractivity contribution in [1.29, 1.82) is 0 Å². The summed E-state index contributed by atoms with van der Waals surface area (Å²) < 4.78 is 0. The van der Waals surface area contributed by atoms with Gasteiger partial charge in [0.15, 0.2) is 0 Å². The van der Waals surface area contributed by atoms with Gasteiger partial charge in [-0.25, -0.2) is 0 Å². The van der Waals surface area contributed by atoms with Gasteiger partial charge in [-0.15, -0.1) is 0 Å². The fourth-order valence-electron chi connectivity index (χ4n) is 0.946. The second kappa shape index (κ2) is 6.01. The van der Waals surface area contributed by atoms with Gasteiger partial charge in [0, 0.05) is 12.0 Å². The Labute approximate surface area is 82.1 Å². The molecule has 0 aromatic heterocycles. The van der Waals surface area contributed by atoms with Crippen molar-refractivity contribution in [3.8, 4) is 0 Å². The van der Waals surface area contributed by atoms with Crippen LogP contribution in [0.5, 0.6) is 0 Å². The Morgan fingerprint density at radius 3 is 2.31 bits per heavy atom. The zero-order chi connectivity index (χ0) is 10.3. The molecule has 1 N–H and O–H groups in total. The molecule has 0 bridgehead atoms. The van der Waals surface area contributed by atoms with E-state index in [9.17, 15) is 4.79 Å². The third-order valence-electron chi connectivity index (χ3n) is 1.89. The fourth-order valence-corrected chi connectivity index (χ4v) is 0.946. The molecule has 1 radical (unpaired) electrons. The van der Waals surface area contributed by atoms with E-state index in [0.717, 1.165) is 32.2 Å². The molecule has 0 aliphatic rings. The number of carbonyl (C=O) groups is 1. The van der Waals surface area contributed by atoms with E-state index < -0.39 is 0 Å². The molecule has 0 rings (SSSR count). The number of carbonyl (C=O) groups excluding carboxylic acids is 1. The molecular formula is C11H22NO. The lowest BCUT2D eigenvalue weighted by molar-refractivity contribution is -0.128. The van der Waals surface area contributed by atoms with E-state index in [-0.39, 0.29) is 11.3 Å². The van der Waals surface area contributed by atoms with Gasteiger partial charge in [0.2, 0.25) is 5.91 Å². The monoisotopic (exact) mass is 184 g/mol. The van der Waals surface area contributed by atoms with Crippen molar-refractivity contribution in [1.82, 2.24) is 5.32 Å². The van der Waals surface area contributed by atoms with Crippen LogP contribution < -0.4 is 5.32 Å². The minimum atomic E-state index is -0.258. The SMILES string of the molecule is [CH2]CCCCCNC(=O)C(C)(C)C. The molecule has 2 heteroatoms. The zero-order valence-electron chi connectivity index (χ0n) is 9.15. The minimum absolute atomic E-state index is 0.141. The van der Waals surface area contributed by atoms with Crippen molar-refractivity contribution >= 4 is 5.91 Å². The first-order valence-electron chi connectivity index (χ1n) is 5.06. The molecule has 0 spiro atoms. The van der Waals surface area contributed by atoms with Gasteiger partial charge in [0.1, 0.15) is 0 Å². The standard InChI is InChI=1S/C11H22NO/c1-5-6-7-8-9-12-10(13)11(2,3)4/h1,5-9H2,2-4H3,(H,12,13). The second-order valence-electron chi connectivity index (χ2n) is 4.42. The Hall–Kier alpha value is -0.530. The second-order valence-corrected chi connectivity index (χ2v) is 4.42. The first kappa shape index (κ1) is 12.5. The highest BCUT2D eigenvalue weighted by Crippen LogP contribution is 2.12. The lowest BCUT2D eigenvalue weighted by Gasteiger charge is -2.17. The van der Waals surface area contributed by atoms with E-state index >= 15 is 0 Å². The van der Waals surface area contributed by atoms with Crippen LogP contribution in [-0.2, 0) is 4.79 Å². The number of unbranched alkanes of at least 4 members (excludes halogenated alkanes) is 3. The summed E-state index contributed by atoms with van der Waals surface area (Å²) in [6, 6.07) is 0. The summed E-state index contributed by atoms with van der Waals surface area (Å²) in [5.41, 5.74) is -0.258. The minimum Gasteiger partial charge on any atom is -0.356 e. The molecule has 0 aromatic carbocycles. The highest BCUT2D eigenvalue weighted by atomic mass is 16.2. The topological polar surface area (TPSA) is 29.1 Å². The van der Waals surface area contributed by atoms with E-state index in [4.69, 9.17) is 0 Å². The first-order valence-corrected chi connectivity index (χ1v) is 5.06. The van der Waals surface area contributed by atoms with Gasteiger partial charge in [-0.05, 0) is 6.42 Å². The number of rotatable bonds is 5. The summed E-state index contributed by atoms with van der Waals surface area (Å²) in [6.07, 6.45) is 4.38. The molecule has 0 saturated heterocycles. The normalized spacial score (nSPS) is 11.4. The Balaban J connectivity index is 3.38. The predicted octanol–water partition coefficient (Wildman–Crippen LogP) is 2.54. The van der Waals surface area contributed by atoms with Crippen LogP contribution in [0.25, 0.3) is 0 Å². The van der Waals surface area contributed by atoms with Crippen molar-refractivity contribution in [2.75, 3.05) is 6.54 Å². The summed E-state index contributed by atoms with van der Waals surface area (Å²) in [6.45, 7) is 10.4. The molecule has 2 nitrogen and oxygen atoms in total. The molecule has 13 heavy (non-hydrogen) atoms. The maximum absolute atomic E-state index is 11.4. The Kier molecular flexibility index (Phi) is 5.76. The van der Waals surface area contributed by atoms with Crippen LogP contribution in [0.1, 0.15) is 46.5 Å². The average Bonchev–Trinajstić information content (AvgIpc) is 2.02. The van der Waals surface area contributed by atoms with Crippen molar-refractivity contribution in [2.45, 2.75) is 46.5 Å². The molecule has 0 aliphatic carbocycles. The van der Waals surface area contributed by atoms with Gasteiger partial charge in [0.05, 0.1) is 0 Å². The van der Waals surface area contributed by atoms with Gasteiger partial charge in [-0.2, -0.15) is 0 Å². The van der Waals surface area contributed by atoms with E-state index in [1.54, 1.807) is 0 Å². The zero-order valence-corrected chi connectivity index (χ0v) is 9.15. The number of amides is 1. The summed E-state index contributed by atoms with van der Waals surface area (Å²) in [5.74, 6) is 0.141. The largest absolute Gasteiger partial charge is 0.356 e. The van der Waals surface area contributed by atoms with Crippen LogP contribution in [0.4, 0.5) is 0 Å². The van der Waals surface area contributed by atoms with Crippen molar-refractivity contribution in [3.05, 3.63) is 6.92 Å². The van der Waals surface area contributed by atoms with Crippen LogP contribution in [0, 0.1) is 12.3 Å². The molecule has 0 aliphatic heterocycles. The third-order valence-corrected chi connectivity index (χ3v) is 1.89. The van der Waals surface area contributed by atoms with E-state index in [1.165, 1.54) is 0 Å². The quantitative estimate of drug-likeness (QED) is 0.654. The molecule has 0 saturated carbocycles. The van der Waals surface area contributed by atoms with Gasteiger partial charge < -0.3 is 5.32 Å². The Morgan fingerprint density at radius 1 is 1.23 bits per heavy atom. The first-order chi connectivity index (χ1) is 5.98. The van der Waals surface area contributed by atoms with Gasteiger partial charge in [-0.3, -0.25) is 4.79 Å². The van der Waals surface area contributed by atoms with Crippen LogP contribution in [0.2, 0.25) is 0 Å². The Morgan fingerprint density at radius 2 is 1.85 bits per heavy atom. The Bertz CT molecular complexity index is 147. The van der Waals surface area contributed by atoms with Crippen LogP contribution in [0.15, 0.2) is 0 Å². The van der Waals surface area contributed by atoms with E-state index in [0.29, 0.717) is 0 Å². The van der Waals surface area contributed by atoms with Crippen molar-refractivity contribution in [2.24, 2.45) is 5.41 Å².